The second-order valence-corrected chi connectivity index (χ2v) is 5.01. The zero-order valence-corrected chi connectivity index (χ0v) is 8.67. The first-order valence-corrected chi connectivity index (χ1v) is 5.95. The van der Waals surface area contributed by atoms with Crippen LogP contribution >= 0.6 is 0 Å². The Labute approximate surface area is 81.5 Å². The van der Waals surface area contributed by atoms with Crippen molar-refractivity contribution in [2.75, 3.05) is 0 Å². The van der Waals surface area contributed by atoms with Crippen LogP contribution in [-0.4, -0.2) is 6.10 Å². The number of fused-ring (bicyclic) bond motifs is 1. The van der Waals surface area contributed by atoms with Gasteiger partial charge in [-0.3, -0.25) is 0 Å². The van der Waals surface area contributed by atoms with Crippen molar-refractivity contribution in [2.24, 2.45) is 17.8 Å². The lowest BCUT2D eigenvalue weighted by molar-refractivity contribution is -0.0235. The van der Waals surface area contributed by atoms with E-state index in [-0.39, 0.29) is 6.10 Å². The fourth-order valence-electron chi connectivity index (χ4n) is 3.57. The average molecular weight is 181 g/mol. The van der Waals surface area contributed by atoms with Gasteiger partial charge >= 0.3 is 0 Å². The van der Waals surface area contributed by atoms with Crippen molar-refractivity contribution in [1.29, 1.82) is 0 Å². The van der Waals surface area contributed by atoms with Crippen LogP contribution in [0.15, 0.2) is 0 Å². The maximum atomic E-state index is 11.5. The zero-order valence-electron chi connectivity index (χ0n) is 8.67. The van der Waals surface area contributed by atoms with E-state index in [4.69, 9.17) is 0 Å². The van der Waals surface area contributed by atoms with E-state index < -0.39 is 0 Å². The summed E-state index contributed by atoms with van der Waals surface area (Å²) in [6.45, 7) is 1.88. The van der Waals surface area contributed by atoms with Crippen LogP contribution in [0.3, 0.4) is 0 Å². The van der Waals surface area contributed by atoms with Gasteiger partial charge in [0.05, 0.1) is 6.10 Å². The molecule has 4 unspecified atom stereocenters. The summed E-state index contributed by atoms with van der Waals surface area (Å²) < 4.78 is 0. The van der Waals surface area contributed by atoms with E-state index in [0.717, 1.165) is 11.8 Å². The summed E-state index contributed by atoms with van der Waals surface area (Å²) in [7, 11) is 0. The van der Waals surface area contributed by atoms with E-state index in [1.807, 2.05) is 6.92 Å². The Morgan fingerprint density at radius 3 is 2.46 bits per heavy atom. The van der Waals surface area contributed by atoms with Gasteiger partial charge in [-0.1, -0.05) is 32.1 Å². The molecule has 2 saturated carbocycles. The minimum atomic E-state index is -0.314. The SMILES string of the molecule is CC([O])C1CCCC2CCCCC21. The average Bonchev–Trinajstić information content (AvgIpc) is 2.17. The fourth-order valence-corrected chi connectivity index (χ4v) is 3.57. The van der Waals surface area contributed by atoms with E-state index in [9.17, 15) is 5.11 Å². The molecular formula is C12H21O. The van der Waals surface area contributed by atoms with Crippen molar-refractivity contribution >= 4 is 0 Å². The summed E-state index contributed by atoms with van der Waals surface area (Å²) in [5, 5.41) is 11.5. The summed E-state index contributed by atoms with van der Waals surface area (Å²) in [5.74, 6) is 2.23. The third kappa shape index (κ3) is 1.90. The maximum absolute atomic E-state index is 11.5. The molecule has 4 atom stereocenters. The molecule has 0 aliphatic heterocycles. The second-order valence-electron chi connectivity index (χ2n) is 5.01. The molecule has 0 aromatic rings. The van der Waals surface area contributed by atoms with E-state index in [0.29, 0.717) is 5.92 Å². The molecule has 1 radical (unpaired) electrons. The lowest BCUT2D eigenvalue weighted by Crippen LogP contribution is -2.36. The molecule has 2 rings (SSSR count). The topological polar surface area (TPSA) is 19.9 Å². The summed E-state index contributed by atoms with van der Waals surface area (Å²) in [6.07, 6.45) is 9.19. The summed E-state index contributed by atoms with van der Waals surface area (Å²) in [6, 6.07) is 0. The van der Waals surface area contributed by atoms with Crippen LogP contribution in [0.2, 0.25) is 0 Å². The van der Waals surface area contributed by atoms with E-state index in [1.54, 1.807) is 0 Å². The Morgan fingerprint density at radius 1 is 1.00 bits per heavy atom. The molecule has 0 N–H and O–H groups in total. The molecule has 0 aromatic heterocycles. The Morgan fingerprint density at radius 2 is 1.69 bits per heavy atom. The molecule has 0 heterocycles. The molecule has 1 heteroatoms. The van der Waals surface area contributed by atoms with Crippen molar-refractivity contribution < 1.29 is 5.11 Å². The molecule has 13 heavy (non-hydrogen) atoms. The van der Waals surface area contributed by atoms with Crippen LogP contribution in [-0.2, 0) is 5.11 Å². The predicted octanol–water partition coefficient (Wildman–Crippen LogP) is 3.41. The standard InChI is InChI=1S/C12H21O/c1-9(13)11-8-4-6-10-5-2-3-7-12(10)11/h9-12H,2-8H2,1H3. The highest BCUT2D eigenvalue weighted by atomic mass is 16.3. The van der Waals surface area contributed by atoms with Gasteiger partial charge in [0.1, 0.15) is 0 Å². The van der Waals surface area contributed by atoms with E-state index in [1.165, 1.54) is 44.9 Å². The largest absolute Gasteiger partial charge is 0.233 e. The van der Waals surface area contributed by atoms with Gasteiger partial charge < -0.3 is 0 Å². The Balaban J connectivity index is 2.02. The molecule has 2 aliphatic rings. The molecule has 0 bridgehead atoms. The smallest absolute Gasteiger partial charge is 0.0932 e. The Bertz CT molecular complexity index is 163. The van der Waals surface area contributed by atoms with Crippen molar-refractivity contribution in [2.45, 2.75) is 58.0 Å². The third-order valence-corrected chi connectivity index (χ3v) is 4.23. The number of hydrogen-bond donors (Lipinski definition) is 0. The van der Waals surface area contributed by atoms with E-state index >= 15 is 0 Å². The van der Waals surface area contributed by atoms with Crippen molar-refractivity contribution in [1.82, 2.24) is 0 Å². The van der Waals surface area contributed by atoms with Gasteiger partial charge in [0.2, 0.25) is 0 Å². The molecule has 75 valence electrons. The van der Waals surface area contributed by atoms with Crippen LogP contribution in [0.5, 0.6) is 0 Å². The maximum Gasteiger partial charge on any atom is 0.0932 e. The highest BCUT2D eigenvalue weighted by Gasteiger charge is 2.37. The quantitative estimate of drug-likeness (QED) is 0.591. The fraction of sp³-hybridized carbons (Fsp3) is 1.00. The number of hydrogen-bond acceptors (Lipinski definition) is 0. The molecule has 1 nitrogen and oxygen atoms in total. The second kappa shape index (κ2) is 4.00. The third-order valence-electron chi connectivity index (χ3n) is 4.23. The van der Waals surface area contributed by atoms with Gasteiger partial charge in [-0.2, -0.15) is 0 Å². The van der Waals surface area contributed by atoms with Crippen LogP contribution < -0.4 is 0 Å². The van der Waals surface area contributed by atoms with Gasteiger partial charge in [0.25, 0.3) is 0 Å². The highest BCUT2D eigenvalue weighted by Crippen LogP contribution is 2.44. The first-order valence-electron chi connectivity index (χ1n) is 5.95. The van der Waals surface area contributed by atoms with Gasteiger partial charge in [-0.25, -0.2) is 5.11 Å². The first-order chi connectivity index (χ1) is 6.29. The van der Waals surface area contributed by atoms with Gasteiger partial charge in [0.15, 0.2) is 0 Å². The van der Waals surface area contributed by atoms with Gasteiger partial charge in [-0.15, -0.1) is 0 Å². The van der Waals surface area contributed by atoms with Crippen LogP contribution in [0.1, 0.15) is 51.9 Å². The molecular weight excluding hydrogens is 160 g/mol. The minimum Gasteiger partial charge on any atom is -0.233 e. The normalized spacial score (nSPS) is 42.5. The van der Waals surface area contributed by atoms with Crippen molar-refractivity contribution in [3.8, 4) is 0 Å². The first kappa shape index (κ1) is 9.51. The molecule has 2 fully saturated rings. The Hall–Kier alpha value is -0.0400. The minimum absolute atomic E-state index is 0.314. The molecule has 0 aromatic carbocycles. The predicted molar refractivity (Wildman–Crippen MR) is 52.9 cm³/mol. The van der Waals surface area contributed by atoms with Crippen LogP contribution in [0, 0.1) is 17.8 Å². The Kier molecular flexibility index (Phi) is 2.92. The zero-order chi connectivity index (χ0) is 9.26. The molecule has 2 aliphatic carbocycles. The van der Waals surface area contributed by atoms with E-state index in [2.05, 4.69) is 0 Å². The molecule has 0 saturated heterocycles. The summed E-state index contributed by atoms with van der Waals surface area (Å²) >= 11 is 0. The molecule has 0 spiro atoms. The monoisotopic (exact) mass is 181 g/mol. The summed E-state index contributed by atoms with van der Waals surface area (Å²) in [4.78, 5) is 0. The van der Waals surface area contributed by atoms with Gasteiger partial charge in [-0.05, 0) is 37.5 Å². The lowest BCUT2D eigenvalue weighted by Gasteiger charge is -2.42. The number of rotatable bonds is 1. The van der Waals surface area contributed by atoms with Crippen molar-refractivity contribution in [3.63, 3.8) is 0 Å². The highest BCUT2D eigenvalue weighted by molar-refractivity contribution is 4.87. The van der Waals surface area contributed by atoms with Crippen LogP contribution in [0.25, 0.3) is 0 Å². The molecule has 0 amide bonds. The lowest BCUT2D eigenvalue weighted by atomic mass is 9.64. The van der Waals surface area contributed by atoms with Gasteiger partial charge in [0, 0.05) is 0 Å². The van der Waals surface area contributed by atoms with Crippen LogP contribution in [0.4, 0.5) is 0 Å². The van der Waals surface area contributed by atoms with Crippen molar-refractivity contribution in [3.05, 3.63) is 0 Å². The summed E-state index contributed by atoms with van der Waals surface area (Å²) in [5.41, 5.74) is 0.